The van der Waals surface area contributed by atoms with Gasteiger partial charge in [0.25, 0.3) is 0 Å². The third-order valence-electron chi connectivity index (χ3n) is 1.90. The number of halogens is 1. The molecule has 0 radical (unpaired) electrons. The molecule has 0 unspecified atom stereocenters. The molecule has 0 heterocycles. The van der Waals surface area contributed by atoms with Gasteiger partial charge in [0.05, 0.1) is 0 Å². The molecule has 62 valence electrons. The highest BCUT2D eigenvalue weighted by molar-refractivity contribution is 6.30. The van der Waals surface area contributed by atoms with Gasteiger partial charge in [-0.15, -0.1) is 0 Å². The number of allylic oxidation sites excluding steroid dienone is 3. The quantitative estimate of drug-likeness (QED) is 0.679. The third-order valence-corrected chi connectivity index (χ3v) is 2.33. The first kappa shape index (κ1) is 8.82. The zero-order chi connectivity index (χ0) is 8.10. The second-order valence-electron chi connectivity index (χ2n) is 2.78. The largest absolute Gasteiger partial charge is 0.327 e. The van der Waals surface area contributed by atoms with Crippen molar-refractivity contribution in [1.29, 1.82) is 0 Å². The Labute approximate surface area is 72.9 Å². The average molecular weight is 172 g/mol. The lowest BCUT2D eigenvalue weighted by Gasteiger charge is -2.12. The van der Waals surface area contributed by atoms with E-state index in [-0.39, 0.29) is 0 Å². The van der Waals surface area contributed by atoms with Gasteiger partial charge in [0.15, 0.2) is 0 Å². The van der Waals surface area contributed by atoms with Crippen LogP contribution >= 0.6 is 11.6 Å². The zero-order valence-electron chi connectivity index (χ0n) is 6.65. The highest BCUT2D eigenvalue weighted by atomic mass is 35.5. The molecular weight excluding hydrogens is 158 g/mol. The predicted octanol–water partition coefficient (Wildman–Crippen LogP) is 2.57. The number of rotatable bonds is 2. The maximum Gasteiger partial charge on any atom is 0.0212 e. The highest BCUT2D eigenvalue weighted by Gasteiger charge is 2.07. The topological polar surface area (TPSA) is 26.0 Å². The van der Waals surface area contributed by atoms with E-state index in [1.807, 2.05) is 6.08 Å². The smallest absolute Gasteiger partial charge is 0.0212 e. The summed E-state index contributed by atoms with van der Waals surface area (Å²) in [6.45, 7) is 0.605. The molecule has 0 bridgehead atoms. The average Bonchev–Trinajstić information content (AvgIpc) is 2.03. The van der Waals surface area contributed by atoms with E-state index in [1.165, 1.54) is 18.4 Å². The second-order valence-corrected chi connectivity index (χ2v) is 3.23. The van der Waals surface area contributed by atoms with Gasteiger partial charge in [-0.1, -0.05) is 23.8 Å². The Balaban J connectivity index is 2.59. The monoisotopic (exact) mass is 171 g/mol. The van der Waals surface area contributed by atoms with Gasteiger partial charge >= 0.3 is 0 Å². The first-order chi connectivity index (χ1) is 5.34. The molecule has 11 heavy (non-hydrogen) atoms. The Morgan fingerprint density at radius 2 is 2.09 bits per heavy atom. The summed E-state index contributed by atoms with van der Waals surface area (Å²) < 4.78 is 0. The molecule has 0 saturated heterocycles. The molecule has 1 aliphatic rings. The van der Waals surface area contributed by atoms with Gasteiger partial charge in [0.1, 0.15) is 0 Å². The van der Waals surface area contributed by atoms with Crippen molar-refractivity contribution >= 4 is 11.6 Å². The summed E-state index contributed by atoms with van der Waals surface area (Å²) in [7, 11) is 0. The Morgan fingerprint density at radius 3 is 2.73 bits per heavy atom. The summed E-state index contributed by atoms with van der Waals surface area (Å²) in [6, 6.07) is 0. The summed E-state index contributed by atoms with van der Waals surface area (Å²) in [5.74, 6) is 0. The molecule has 0 amide bonds. The van der Waals surface area contributed by atoms with E-state index in [0.717, 1.165) is 17.9 Å². The minimum absolute atomic E-state index is 0.605. The van der Waals surface area contributed by atoms with Crippen LogP contribution in [0, 0.1) is 0 Å². The van der Waals surface area contributed by atoms with Crippen molar-refractivity contribution in [3.63, 3.8) is 0 Å². The van der Waals surface area contributed by atoms with Crippen LogP contribution < -0.4 is 5.73 Å². The molecule has 0 aromatic heterocycles. The van der Waals surface area contributed by atoms with E-state index in [1.54, 1.807) is 0 Å². The summed E-state index contributed by atoms with van der Waals surface area (Å²) in [4.78, 5) is 0. The number of nitrogens with two attached hydrogens (primary N) is 1. The molecule has 0 fully saturated rings. The van der Waals surface area contributed by atoms with Gasteiger partial charge in [-0.3, -0.25) is 0 Å². The summed E-state index contributed by atoms with van der Waals surface area (Å²) in [6.07, 6.45) is 8.69. The van der Waals surface area contributed by atoms with E-state index in [9.17, 15) is 0 Å². The Bertz CT molecular complexity index is 182. The molecule has 0 aromatic rings. The fraction of sp³-hybridized carbons (Fsp3) is 0.556. The van der Waals surface area contributed by atoms with Crippen molar-refractivity contribution in [2.45, 2.75) is 25.7 Å². The lowest BCUT2D eigenvalue weighted by molar-refractivity contribution is 0.703. The van der Waals surface area contributed by atoms with Crippen molar-refractivity contribution in [1.82, 2.24) is 0 Å². The normalized spacial score (nSPS) is 19.8. The molecule has 1 aliphatic carbocycles. The summed E-state index contributed by atoms with van der Waals surface area (Å²) in [5, 5.41) is 1.03. The van der Waals surface area contributed by atoms with E-state index in [4.69, 9.17) is 17.3 Å². The van der Waals surface area contributed by atoms with Crippen LogP contribution in [0.25, 0.3) is 0 Å². The molecule has 2 N–H and O–H groups in total. The van der Waals surface area contributed by atoms with Crippen LogP contribution in [0.1, 0.15) is 25.7 Å². The highest BCUT2D eigenvalue weighted by Crippen LogP contribution is 2.27. The van der Waals surface area contributed by atoms with Crippen LogP contribution in [0.2, 0.25) is 0 Å². The lowest BCUT2D eigenvalue weighted by atomic mass is 9.99. The Kier molecular flexibility index (Phi) is 3.67. The molecule has 0 spiro atoms. The summed E-state index contributed by atoms with van der Waals surface area (Å²) >= 11 is 6.01. The van der Waals surface area contributed by atoms with Crippen LogP contribution in [0.15, 0.2) is 22.8 Å². The first-order valence-electron chi connectivity index (χ1n) is 4.08. The fourth-order valence-corrected chi connectivity index (χ4v) is 1.57. The minimum atomic E-state index is 0.605. The number of hydrogen-bond acceptors (Lipinski definition) is 1. The number of hydrogen-bond donors (Lipinski definition) is 1. The minimum Gasteiger partial charge on any atom is -0.327 e. The maximum atomic E-state index is 6.01. The van der Waals surface area contributed by atoms with E-state index in [0.29, 0.717) is 6.54 Å². The Hall–Kier alpha value is -0.270. The van der Waals surface area contributed by atoms with Crippen molar-refractivity contribution in [2.75, 3.05) is 6.54 Å². The van der Waals surface area contributed by atoms with Crippen molar-refractivity contribution < 1.29 is 0 Å². The maximum absolute atomic E-state index is 6.01. The van der Waals surface area contributed by atoms with Gasteiger partial charge < -0.3 is 5.73 Å². The third kappa shape index (κ3) is 2.68. The molecule has 1 rings (SSSR count). The van der Waals surface area contributed by atoms with Crippen molar-refractivity contribution in [3.8, 4) is 0 Å². The second kappa shape index (κ2) is 4.58. The van der Waals surface area contributed by atoms with Gasteiger partial charge in [-0.05, 0) is 31.3 Å². The standard InChI is InChI=1S/C9H14ClN/c10-9-6-2-1-4-8(9)5-3-7-11/h3,5H,1-2,4,6-7,11H2/b5-3+. The molecular formula is C9H14ClN. The van der Waals surface area contributed by atoms with Gasteiger partial charge in [0, 0.05) is 11.6 Å². The van der Waals surface area contributed by atoms with Crippen LogP contribution in [0.3, 0.4) is 0 Å². The predicted molar refractivity (Wildman–Crippen MR) is 49.5 cm³/mol. The zero-order valence-corrected chi connectivity index (χ0v) is 7.40. The first-order valence-corrected chi connectivity index (χ1v) is 4.46. The summed E-state index contributed by atoms with van der Waals surface area (Å²) in [5.41, 5.74) is 6.62. The molecule has 0 aromatic carbocycles. The SMILES string of the molecule is NC/C=C/C1=C(Cl)CCCC1. The molecule has 0 aliphatic heterocycles. The molecule has 0 saturated carbocycles. The lowest BCUT2D eigenvalue weighted by Crippen LogP contribution is -1.96. The van der Waals surface area contributed by atoms with Crippen LogP contribution in [0.5, 0.6) is 0 Å². The van der Waals surface area contributed by atoms with Crippen LogP contribution in [0.4, 0.5) is 0 Å². The van der Waals surface area contributed by atoms with Gasteiger partial charge in [0.2, 0.25) is 0 Å². The molecule has 2 heteroatoms. The van der Waals surface area contributed by atoms with Crippen molar-refractivity contribution in [2.24, 2.45) is 5.73 Å². The molecule has 0 atom stereocenters. The van der Waals surface area contributed by atoms with E-state index < -0.39 is 0 Å². The fourth-order valence-electron chi connectivity index (χ4n) is 1.28. The van der Waals surface area contributed by atoms with Crippen LogP contribution in [-0.2, 0) is 0 Å². The van der Waals surface area contributed by atoms with Gasteiger partial charge in [-0.2, -0.15) is 0 Å². The van der Waals surface area contributed by atoms with E-state index >= 15 is 0 Å². The van der Waals surface area contributed by atoms with Crippen molar-refractivity contribution in [3.05, 3.63) is 22.8 Å². The Morgan fingerprint density at radius 1 is 1.36 bits per heavy atom. The van der Waals surface area contributed by atoms with Crippen LogP contribution in [-0.4, -0.2) is 6.54 Å². The molecule has 1 nitrogen and oxygen atoms in total. The van der Waals surface area contributed by atoms with E-state index in [2.05, 4.69) is 6.08 Å². The van der Waals surface area contributed by atoms with Gasteiger partial charge in [-0.25, -0.2) is 0 Å².